The van der Waals surface area contributed by atoms with Crippen molar-refractivity contribution >= 4 is 6.09 Å². The lowest BCUT2D eigenvalue weighted by Gasteiger charge is -2.24. The number of furan rings is 1. The van der Waals surface area contributed by atoms with E-state index in [1.807, 2.05) is 20.8 Å². The second-order valence-corrected chi connectivity index (χ2v) is 7.05. The zero-order valence-corrected chi connectivity index (χ0v) is 14.6. The van der Waals surface area contributed by atoms with Gasteiger partial charge in [0.2, 0.25) is 0 Å². The first-order valence-electron chi connectivity index (χ1n) is 8.30. The maximum atomic E-state index is 14.3. The highest BCUT2D eigenvalue weighted by Crippen LogP contribution is 2.34. The van der Waals surface area contributed by atoms with Gasteiger partial charge in [0.25, 0.3) is 0 Å². The highest BCUT2D eigenvalue weighted by atomic mass is 19.1. The minimum atomic E-state index is -0.548. The molecule has 0 saturated carbocycles. The maximum Gasteiger partial charge on any atom is 0.410 e. The second kappa shape index (κ2) is 6.78. The molecular formula is C19H22FNO4. The van der Waals surface area contributed by atoms with Gasteiger partial charge in [-0.1, -0.05) is 6.07 Å². The van der Waals surface area contributed by atoms with Gasteiger partial charge in [0.15, 0.2) is 11.6 Å². The fraction of sp³-hybridized carbons (Fsp3) is 0.421. The van der Waals surface area contributed by atoms with Crippen molar-refractivity contribution in [3.05, 3.63) is 42.4 Å². The van der Waals surface area contributed by atoms with Gasteiger partial charge in [-0.15, -0.1) is 0 Å². The zero-order valence-electron chi connectivity index (χ0n) is 14.6. The van der Waals surface area contributed by atoms with Gasteiger partial charge in [-0.05, 0) is 45.0 Å². The van der Waals surface area contributed by atoms with Crippen LogP contribution >= 0.6 is 0 Å². The Labute approximate surface area is 146 Å². The van der Waals surface area contributed by atoms with Crippen molar-refractivity contribution in [3.8, 4) is 17.1 Å². The summed E-state index contributed by atoms with van der Waals surface area (Å²) in [6.45, 7) is 6.35. The Balaban J connectivity index is 1.71. The van der Waals surface area contributed by atoms with E-state index >= 15 is 0 Å². The lowest BCUT2D eigenvalue weighted by molar-refractivity contribution is 0.0275. The van der Waals surface area contributed by atoms with E-state index in [2.05, 4.69) is 0 Å². The molecule has 1 aromatic carbocycles. The van der Waals surface area contributed by atoms with E-state index in [0.29, 0.717) is 30.8 Å². The number of nitrogens with zero attached hydrogens (tertiary/aromatic N) is 1. The van der Waals surface area contributed by atoms with Gasteiger partial charge in [0.05, 0.1) is 18.4 Å². The summed E-state index contributed by atoms with van der Waals surface area (Å²) in [6, 6.07) is 8.20. The van der Waals surface area contributed by atoms with Gasteiger partial charge < -0.3 is 18.8 Å². The number of amides is 1. The van der Waals surface area contributed by atoms with Gasteiger partial charge >= 0.3 is 6.09 Å². The third-order valence-electron chi connectivity index (χ3n) is 3.83. The van der Waals surface area contributed by atoms with Crippen LogP contribution in [0.25, 0.3) is 11.3 Å². The molecule has 2 heterocycles. The van der Waals surface area contributed by atoms with E-state index in [4.69, 9.17) is 13.9 Å². The molecule has 5 nitrogen and oxygen atoms in total. The number of para-hydroxylation sites is 1. The number of carbonyl (C=O) groups is 1. The fourth-order valence-corrected chi connectivity index (χ4v) is 2.74. The Morgan fingerprint density at radius 2 is 2.08 bits per heavy atom. The van der Waals surface area contributed by atoms with E-state index < -0.39 is 11.4 Å². The minimum absolute atomic E-state index is 0.147. The van der Waals surface area contributed by atoms with Crippen molar-refractivity contribution in [3.63, 3.8) is 0 Å². The third kappa shape index (κ3) is 4.13. The molecule has 25 heavy (non-hydrogen) atoms. The molecule has 0 spiro atoms. The number of likely N-dealkylation sites (tertiary alicyclic amines) is 1. The van der Waals surface area contributed by atoms with E-state index in [0.717, 1.165) is 0 Å². The van der Waals surface area contributed by atoms with E-state index in [9.17, 15) is 9.18 Å². The molecule has 1 aromatic heterocycles. The van der Waals surface area contributed by atoms with E-state index in [-0.39, 0.29) is 17.9 Å². The normalized spacial score (nSPS) is 17.6. The van der Waals surface area contributed by atoms with Crippen molar-refractivity contribution in [2.45, 2.75) is 38.9 Å². The van der Waals surface area contributed by atoms with Gasteiger partial charge in [-0.3, -0.25) is 0 Å². The smallest absolute Gasteiger partial charge is 0.410 e. The Morgan fingerprint density at radius 1 is 1.28 bits per heavy atom. The van der Waals surface area contributed by atoms with Crippen LogP contribution in [0, 0.1) is 5.82 Å². The summed E-state index contributed by atoms with van der Waals surface area (Å²) in [4.78, 5) is 13.7. The molecule has 1 saturated heterocycles. The van der Waals surface area contributed by atoms with E-state index in [1.165, 1.54) is 12.3 Å². The predicted octanol–water partition coefficient (Wildman–Crippen LogP) is 4.47. The molecule has 1 atom stereocenters. The van der Waals surface area contributed by atoms with Gasteiger partial charge in [0.1, 0.15) is 17.5 Å². The van der Waals surface area contributed by atoms with Crippen molar-refractivity contribution < 1.29 is 23.1 Å². The van der Waals surface area contributed by atoms with Gasteiger partial charge in [0, 0.05) is 13.0 Å². The first kappa shape index (κ1) is 17.3. The molecule has 3 rings (SSSR count). The number of hydrogen-bond acceptors (Lipinski definition) is 4. The van der Waals surface area contributed by atoms with Crippen LogP contribution in [0.1, 0.15) is 27.2 Å². The summed E-state index contributed by atoms with van der Waals surface area (Å²) < 4.78 is 30.9. The van der Waals surface area contributed by atoms with Crippen LogP contribution in [0.4, 0.5) is 9.18 Å². The summed E-state index contributed by atoms with van der Waals surface area (Å²) in [5.41, 5.74) is 0.00862. The van der Waals surface area contributed by atoms with Crippen LogP contribution in [0.15, 0.2) is 41.0 Å². The van der Waals surface area contributed by atoms with Gasteiger partial charge in [-0.25, -0.2) is 9.18 Å². The average Bonchev–Trinajstić information content (AvgIpc) is 3.19. The summed E-state index contributed by atoms with van der Waals surface area (Å²) in [6.07, 6.45) is 1.48. The molecule has 6 heteroatoms. The Kier molecular flexibility index (Phi) is 4.70. The van der Waals surface area contributed by atoms with Crippen molar-refractivity contribution in [2.24, 2.45) is 0 Å². The van der Waals surface area contributed by atoms with Crippen LogP contribution < -0.4 is 4.74 Å². The summed E-state index contributed by atoms with van der Waals surface area (Å²) in [7, 11) is 0. The average molecular weight is 347 g/mol. The molecule has 0 radical (unpaired) electrons. The molecule has 0 N–H and O–H groups in total. The topological polar surface area (TPSA) is 51.9 Å². The molecule has 1 amide bonds. The molecule has 134 valence electrons. The number of halogens is 1. The van der Waals surface area contributed by atoms with Crippen LogP contribution in [0.2, 0.25) is 0 Å². The molecule has 1 aliphatic heterocycles. The zero-order chi connectivity index (χ0) is 18.0. The molecular weight excluding hydrogens is 325 g/mol. The summed E-state index contributed by atoms with van der Waals surface area (Å²) in [5.74, 6) is 0.231. The second-order valence-electron chi connectivity index (χ2n) is 7.05. The first-order chi connectivity index (χ1) is 11.8. The maximum absolute atomic E-state index is 14.3. The quantitative estimate of drug-likeness (QED) is 0.822. The Hall–Kier alpha value is -2.50. The highest BCUT2D eigenvalue weighted by molar-refractivity contribution is 5.69. The lowest BCUT2D eigenvalue weighted by atomic mass is 10.1. The van der Waals surface area contributed by atoms with Crippen LogP contribution in [-0.2, 0) is 4.74 Å². The van der Waals surface area contributed by atoms with Crippen LogP contribution in [0.5, 0.6) is 5.75 Å². The predicted molar refractivity (Wildman–Crippen MR) is 90.9 cm³/mol. The van der Waals surface area contributed by atoms with Crippen molar-refractivity contribution in [1.82, 2.24) is 4.90 Å². The number of hydrogen-bond donors (Lipinski definition) is 0. The standard InChI is InChI=1S/C19H22FNO4/c1-19(2,3)25-18(22)21-10-9-13(12-21)24-17-14(6-4-7-15(17)20)16-8-5-11-23-16/h4-8,11,13H,9-10,12H2,1-3H3. The highest BCUT2D eigenvalue weighted by Gasteiger charge is 2.32. The molecule has 0 aliphatic carbocycles. The monoisotopic (exact) mass is 347 g/mol. The largest absolute Gasteiger partial charge is 0.485 e. The summed E-state index contributed by atoms with van der Waals surface area (Å²) in [5, 5.41) is 0. The number of benzene rings is 1. The molecule has 1 fully saturated rings. The van der Waals surface area contributed by atoms with Crippen molar-refractivity contribution in [2.75, 3.05) is 13.1 Å². The van der Waals surface area contributed by atoms with Gasteiger partial charge in [-0.2, -0.15) is 0 Å². The molecule has 0 bridgehead atoms. The Morgan fingerprint density at radius 3 is 2.76 bits per heavy atom. The molecule has 1 aliphatic rings. The number of rotatable bonds is 3. The Bertz CT molecular complexity index is 736. The fourth-order valence-electron chi connectivity index (χ4n) is 2.74. The molecule has 2 aromatic rings. The SMILES string of the molecule is CC(C)(C)OC(=O)N1CCC(Oc2c(F)cccc2-c2ccco2)C1. The van der Waals surface area contributed by atoms with Crippen LogP contribution in [-0.4, -0.2) is 35.8 Å². The lowest BCUT2D eigenvalue weighted by Crippen LogP contribution is -2.36. The summed E-state index contributed by atoms with van der Waals surface area (Å²) >= 11 is 0. The van der Waals surface area contributed by atoms with E-state index in [1.54, 1.807) is 29.2 Å². The molecule has 1 unspecified atom stereocenters. The third-order valence-corrected chi connectivity index (χ3v) is 3.83. The first-order valence-corrected chi connectivity index (χ1v) is 8.30. The van der Waals surface area contributed by atoms with Crippen LogP contribution in [0.3, 0.4) is 0 Å². The number of carbonyl (C=O) groups excluding carboxylic acids is 1. The number of ether oxygens (including phenoxy) is 2. The minimum Gasteiger partial charge on any atom is -0.485 e. The van der Waals surface area contributed by atoms with Crippen molar-refractivity contribution in [1.29, 1.82) is 0 Å².